The van der Waals surface area contributed by atoms with Gasteiger partial charge in [-0.1, -0.05) is 6.08 Å². The average Bonchev–Trinajstić information content (AvgIpc) is 2.53. The summed E-state index contributed by atoms with van der Waals surface area (Å²) in [4.78, 5) is 14.6. The number of rotatable bonds is 4. The molecule has 0 fully saturated rings. The quantitative estimate of drug-likeness (QED) is 0.861. The van der Waals surface area contributed by atoms with E-state index in [1.165, 1.54) is 6.20 Å². The Hall–Kier alpha value is -2.74. The smallest absolute Gasteiger partial charge is 0.158 e. The minimum absolute atomic E-state index is 0.315. The highest BCUT2D eigenvalue weighted by molar-refractivity contribution is 5.67. The van der Waals surface area contributed by atoms with Crippen LogP contribution in [0.3, 0.4) is 0 Å². The van der Waals surface area contributed by atoms with Crippen LogP contribution in [0.15, 0.2) is 30.7 Å². The van der Waals surface area contributed by atoms with Gasteiger partial charge in [0.15, 0.2) is 5.69 Å². The van der Waals surface area contributed by atoms with Crippen molar-refractivity contribution in [3.63, 3.8) is 0 Å². The van der Waals surface area contributed by atoms with E-state index in [1.807, 2.05) is 43.6 Å². The summed E-state index contributed by atoms with van der Waals surface area (Å²) in [6.07, 6.45) is 8.61. The summed E-state index contributed by atoms with van der Waals surface area (Å²) in [7, 11) is 2.02. The van der Waals surface area contributed by atoms with E-state index in [-0.39, 0.29) is 0 Å². The summed E-state index contributed by atoms with van der Waals surface area (Å²) in [5.41, 5.74) is 2.01. The van der Waals surface area contributed by atoms with E-state index in [4.69, 9.17) is 5.26 Å². The first-order valence-electron chi connectivity index (χ1n) is 6.69. The Bertz CT molecular complexity index is 651. The molecule has 5 nitrogen and oxygen atoms in total. The van der Waals surface area contributed by atoms with Crippen LogP contribution in [0.25, 0.3) is 12.2 Å². The van der Waals surface area contributed by atoms with Crippen LogP contribution >= 0.6 is 0 Å². The van der Waals surface area contributed by atoms with E-state index in [0.717, 1.165) is 11.4 Å². The van der Waals surface area contributed by atoms with E-state index >= 15 is 0 Å². The first-order chi connectivity index (χ1) is 10.1. The van der Waals surface area contributed by atoms with Crippen molar-refractivity contribution < 1.29 is 0 Å². The third-order valence-corrected chi connectivity index (χ3v) is 3.14. The van der Waals surface area contributed by atoms with E-state index < -0.39 is 0 Å². The summed E-state index contributed by atoms with van der Waals surface area (Å²) in [5.74, 6) is 0.945. The van der Waals surface area contributed by atoms with Crippen molar-refractivity contribution in [1.29, 1.82) is 5.26 Å². The summed E-state index contributed by atoms with van der Waals surface area (Å²) in [6.45, 7) is 4.25. The standard InChI is InChI=1S/C16H17N5/c1-12(2)21(3)16-7-5-13(9-20-16)4-6-14-10-19-15(8-17)11-18-14/h4-7,9-12H,1-3H3. The number of nitriles is 1. The molecule has 0 atom stereocenters. The molecule has 2 aromatic heterocycles. The molecule has 0 N–H and O–H groups in total. The molecule has 0 aliphatic carbocycles. The van der Waals surface area contributed by atoms with Gasteiger partial charge in [0.1, 0.15) is 11.9 Å². The molecule has 0 aromatic carbocycles. The van der Waals surface area contributed by atoms with Gasteiger partial charge in [-0.3, -0.25) is 4.98 Å². The zero-order valence-corrected chi connectivity index (χ0v) is 12.4. The molecule has 106 valence electrons. The van der Waals surface area contributed by atoms with Crippen LogP contribution in [-0.2, 0) is 0 Å². The molecule has 2 aromatic rings. The zero-order chi connectivity index (χ0) is 15.2. The van der Waals surface area contributed by atoms with Gasteiger partial charge >= 0.3 is 0 Å². The summed E-state index contributed by atoms with van der Waals surface area (Å²) >= 11 is 0. The molecular formula is C16H17N5. The Morgan fingerprint density at radius 3 is 2.43 bits per heavy atom. The molecule has 0 amide bonds. The highest BCUT2D eigenvalue weighted by atomic mass is 15.2. The van der Waals surface area contributed by atoms with Crippen LogP contribution in [0.1, 0.15) is 30.8 Å². The fourth-order valence-electron chi connectivity index (χ4n) is 1.63. The third-order valence-electron chi connectivity index (χ3n) is 3.14. The van der Waals surface area contributed by atoms with Crippen molar-refractivity contribution in [2.75, 3.05) is 11.9 Å². The molecular weight excluding hydrogens is 262 g/mol. The second-order valence-corrected chi connectivity index (χ2v) is 4.93. The van der Waals surface area contributed by atoms with E-state index in [0.29, 0.717) is 17.4 Å². The van der Waals surface area contributed by atoms with Gasteiger partial charge in [0.25, 0.3) is 0 Å². The topological polar surface area (TPSA) is 65.7 Å². The first-order valence-corrected chi connectivity index (χ1v) is 6.69. The Balaban J connectivity index is 2.09. The summed E-state index contributed by atoms with van der Waals surface area (Å²) in [6, 6.07) is 6.35. The van der Waals surface area contributed by atoms with Gasteiger partial charge in [0, 0.05) is 19.3 Å². The van der Waals surface area contributed by atoms with Gasteiger partial charge in [-0.15, -0.1) is 0 Å². The highest BCUT2D eigenvalue weighted by Crippen LogP contribution is 2.13. The van der Waals surface area contributed by atoms with Crippen LogP contribution in [0.2, 0.25) is 0 Å². The van der Waals surface area contributed by atoms with Crippen molar-refractivity contribution in [2.45, 2.75) is 19.9 Å². The SMILES string of the molecule is CC(C)N(C)c1ccc(C=Cc2cnc(C#N)cn2)cn1. The number of nitrogens with zero attached hydrogens (tertiary/aromatic N) is 5. The lowest BCUT2D eigenvalue weighted by Crippen LogP contribution is -2.26. The van der Waals surface area contributed by atoms with Crippen molar-refractivity contribution >= 4 is 18.0 Å². The predicted octanol–water partition coefficient (Wildman–Crippen LogP) is 2.76. The van der Waals surface area contributed by atoms with Crippen LogP contribution in [0.4, 0.5) is 5.82 Å². The van der Waals surface area contributed by atoms with Crippen molar-refractivity contribution in [3.05, 3.63) is 47.7 Å². The molecule has 5 heteroatoms. The predicted molar refractivity (Wildman–Crippen MR) is 83.5 cm³/mol. The molecule has 0 radical (unpaired) electrons. The molecule has 0 unspecified atom stereocenters. The molecule has 2 rings (SSSR count). The molecule has 0 spiro atoms. The van der Waals surface area contributed by atoms with Crippen LogP contribution in [0, 0.1) is 11.3 Å². The Morgan fingerprint density at radius 2 is 1.90 bits per heavy atom. The minimum Gasteiger partial charge on any atom is -0.357 e. The zero-order valence-electron chi connectivity index (χ0n) is 12.4. The Morgan fingerprint density at radius 1 is 1.10 bits per heavy atom. The molecule has 0 aliphatic heterocycles. The van der Waals surface area contributed by atoms with Gasteiger partial charge in [0.05, 0.1) is 18.1 Å². The molecule has 0 aliphatic rings. The largest absolute Gasteiger partial charge is 0.357 e. The molecule has 2 heterocycles. The van der Waals surface area contributed by atoms with Gasteiger partial charge in [0.2, 0.25) is 0 Å². The maximum Gasteiger partial charge on any atom is 0.158 e. The lowest BCUT2D eigenvalue weighted by atomic mass is 10.2. The average molecular weight is 279 g/mol. The van der Waals surface area contributed by atoms with Gasteiger partial charge in [-0.25, -0.2) is 9.97 Å². The van der Waals surface area contributed by atoms with Crippen LogP contribution in [0.5, 0.6) is 0 Å². The number of hydrogen-bond donors (Lipinski definition) is 0. The number of pyridine rings is 1. The fraction of sp³-hybridized carbons (Fsp3) is 0.250. The minimum atomic E-state index is 0.315. The first kappa shape index (κ1) is 14.7. The maximum atomic E-state index is 8.66. The molecule has 21 heavy (non-hydrogen) atoms. The fourth-order valence-corrected chi connectivity index (χ4v) is 1.63. The lowest BCUT2D eigenvalue weighted by Gasteiger charge is -2.22. The summed E-state index contributed by atoms with van der Waals surface area (Å²) < 4.78 is 0. The molecule has 0 saturated carbocycles. The second kappa shape index (κ2) is 6.62. The van der Waals surface area contributed by atoms with Gasteiger partial charge in [-0.05, 0) is 37.6 Å². The Kier molecular flexibility index (Phi) is 4.62. The normalized spacial score (nSPS) is 10.8. The Labute approximate surface area is 124 Å². The number of aromatic nitrogens is 3. The van der Waals surface area contributed by atoms with Crippen LogP contribution in [-0.4, -0.2) is 28.0 Å². The monoisotopic (exact) mass is 279 g/mol. The third kappa shape index (κ3) is 3.86. The van der Waals surface area contributed by atoms with Crippen molar-refractivity contribution in [1.82, 2.24) is 15.0 Å². The highest BCUT2D eigenvalue weighted by Gasteiger charge is 2.05. The van der Waals surface area contributed by atoms with Crippen LogP contribution < -0.4 is 4.90 Å². The molecule has 0 bridgehead atoms. The summed E-state index contributed by atoms with van der Waals surface area (Å²) in [5, 5.41) is 8.66. The van der Waals surface area contributed by atoms with E-state index in [2.05, 4.69) is 33.7 Å². The van der Waals surface area contributed by atoms with E-state index in [9.17, 15) is 0 Å². The van der Waals surface area contributed by atoms with E-state index in [1.54, 1.807) is 6.20 Å². The number of anilines is 1. The van der Waals surface area contributed by atoms with Gasteiger partial charge < -0.3 is 4.90 Å². The lowest BCUT2D eigenvalue weighted by molar-refractivity contribution is 0.743. The molecule has 0 saturated heterocycles. The van der Waals surface area contributed by atoms with Crippen molar-refractivity contribution in [2.24, 2.45) is 0 Å². The number of hydrogen-bond acceptors (Lipinski definition) is 5. The van der Waals surface area contributed by atoms with Gasteiger partial charge in [-0.2, -0.15) is 5.26 Å². The second-order valence-electron chi connectivity index (χ2n) is 4.93. The van der Waals surface area contributed by atoms with Crippen molar-refractivity contribution in [3.8, 4) is 6.07 Å². The maximum absolute atomic E-state index is 8.66.